The van der Waals surface area contributed by atoms with Gasteiger partial charge in [0.15, 0.2) is 6.10 Å². The van der Waals surface area contributed by atoms with Crippen molar-refractivity contribution in [1.82, 2.24) is 10.2 Å². The number of fused-ring (bicyclic) bond motifs is 1. The summed E-state index contributed by atoms with van der Waals surface area (Å²) < 4.78 is 11.1. The van der Waals surface area contributed by atoms with Crippen LogP contribution in [0.15, 0.2) is 34.7 Å². The molecule has 29 heavy (non-hydrogen) atoms. The van der Waals surface area contributed by atoms with Crippen LogP contribution in [0.2, 0.25) is 0 Å². The molecule has 0 N–H and O–H groups in total. The molecule has 0 unspecified atom stereocenters. The fraction of sp³-hybridized carbons (Fsp3) is 0.350. The van der Waals surface area contributed by atoms with E-state index in [2.05, 4.69) is 17.1 Å². The predicted octanol–water partition coefficient (Wildman–Crippen LogP) is 4.75. The Balaban J connectivity index is 1.44. The third-order valence-electron chi connectivity index (χ3n) is 4.93. The zero-order valence-electron chi connectivity index (χ0n) is 16.0. The smallest absolute Gasteiger partial charge is 0.349 e. The van der Waals surface area contributed by atoms with E-state index in [1.165, 1.54) is 46.0 Å². The summed E-state index contributed by atoms with van der Waals surface area (Å²) in [5, 5.41) is 18.6. The molecular weight excluding hydrogens is 394 g/mol. The van der Waals surface area contributed by atoms with Gasteiger partial charge >= 0.3 is 5.97 Å². The van der Waals surface area contributed by atoms with Crippen molar-refractivity contribution in [2.45, 2.75) is 39.2 Å². The van der Waals surface area contributed by atoms with Crippen molar-refractivity contribution in [3.63, 3.8) is 0 Å². The van der Waals surface area contributed by atoms with Gasteiger partial charge in [-0.15, -0.1) is 21.5 Å². The number of aryl methyl sites for hydroxylation is 1. The van der Waals surface area contributed by atoms with Gasteiger partial charge in [-0.2, -0.15) is 0 Å². The highest BCUT2D eigenvalue weighted by Crippen LogP contribution is 2.33. The summed E-state index contributed by atoms with van der Waals surface area (Å²) in [5.41, 5.74) is 1.77. The van der Waals surface area contributed by atoms with Gasteiger partial charge in [0, 0.05) is 22.6 Å². The van der Waals surface area contributed by atoms with Crippen molar-refractivity contribution in [3.05, 3.63) is 61.7 Å². The largest absolute Gasteiger partial charge is 0.448 e. The van der Waals surface area contributed by atoms with Crippen LogP contribution in [0.5, 0.6) is 0 Å². The van der Waals surface area contributed by atoms with E-state index in [0.29, 0.717) is 16.4 Å². The summed E-state index contributed by atoms with van der Waals surface area (Å²) in [5.74, 6) is 0.607. The van der Waals surface area contributed by atoms with E-state index in [-0.39, 0.29) is 17.5 Å². The highest BCUT2D eigenvalue weighted by atomic mass is 32.1. The Hall–Kier alpha value is -3.07. The number of nitro groups is 1. The SMILES string of the molecule is C[C@H]1CCc2sc(C(=O)O[C@H](C)c3nnc(-c4ccc([N+](=O)[O-])cc4)o3)cc2C1. The van der Waals surface area contributed by atoms with Crippen molar-refractivity contribution < 1.29 is 18.9 Å². The molecule has 1 aliphatic rings. The van der Waals surface area contributed by atoms with Crippen molar-refractivity contribution in [1.29, 1.82) is 0 Å². The zero-order valence-corrected chi connectivity index (χ0v) is 16.8. The van der Waals surface area contributed by atoms with Gasteiger partial charge in [-0.25, -0.2) is 4.79 Å². The van der Waals surface area contributed by atoms with Gasteiger partial charge in [0.25, 0.3) is 11.6 Å². The van der Waals surface area contributed by atoms with Crippen molar-refractivity contribution in [2.75, 3.05) is 0 Å². The summed E-state index contributed by atoms with van der Waals surface area (Å²) in [4.78, 5) is 24.7. The third kappa shape index (κ3) is 4.04. The molecule has 0 saturated carbocycles. The first-order valence-electron chi connectivity index (χ1n) is 9.31. The molecule has 0 bridgehead atoms. The number of benzene rings is 1. The summed E-state index contributed by atoms with van der Waals surface area (Å²) in [6.45, 7) is 3.89. The number of ether oxygens (including phenoxy) is 1. The molecule has 1 aromatic carbocycles. The van der Waals surface area contributed by atoms with E-state index in [9.17, 15) is 14.9 Å². The number of hydrogen-bond donors (Lipinski definition) is 0. The summed E-state index contributed by atoms with van der Waals surface area (Å²) in [6, 6.07) is 7.72. The van der Waals surface area contributed by atoms with E-state index in [1.54, 1.807) is 6.92 Å². The van der Waals surface area contributed by atoms with Gasteiger partial charge in [0.05, 0.1) is 4.92 Å². The Morgan fingerprint density at radius 2 is 2.10 bits per heavy atom. The normalized spacial score (nSPS) is 16.8. The van der Waals surface area contributed by atoms with Crippen LogP contribution >= 0.6 is 11.3 Å². The molecule has 1 aliphatic carbocycles. The lowest BCUT2D eigenvalue weighted by molar-refractivity contribution is -0.384. The fourth-order valence-corrected chi connectivity index (χ4v) is 4.41. The van der Waals surface area contributed by atoms with E-state index >= 15 is 0 Å². The predicted molar refractivity (Wildman–Crippen MR) is 106 cm³/mol. The number of aromatic nitrogens is 2. The standard InChI is InChI=1S/C20H19N3O5S/c1-11-3-8-16-14(9-11)10-17(29-16)20(24)27-12(2)18-21-22-19(28-18)13-4-6-15(7-5-13)23(25)26/h4-7,10-12H,3,8-9H2,1-2H3/t11-,12+/m0/s1. The molecule has 0 aliphatic heterocycles. The average molecular weight is 413 g/mol. The van der Waals surface area contributed by atoms with Crippen molar-refractivity contribution in [3.8, 4) is 11.5 Å². The van der Waals surface area contributed by atoms with Gasteiger partial charge < -0.3 is 9.15 Å². The minimum atomic E-state index is -0.708. The maximum absolute atomic E-state index is 12.5. The molecule has 0 amide bonds. The number of nitrogens with zero attached hydrogens (tertiary/aromatic N) is 3. The van der Waals surface area contributed by atoms with E-state index in [1.807, 2.05) is 6.07 Å². The van der Waals surface area contributed by atoms with E-state index < -0.39 is 17.0 Å². The molecule has 8 nitrogen and oxygen atoms in total. The first kappa shape index (κ1) is 19.3. The first-order valence-corrected chi connectivity index (χ1v) is 10.1. The van der Waals surface area contributed by atoms with Gasteiger partial charge in [0.1, 0.15) is 4.88 Å². The Morgan fingerprint density at radius 1 is 1.34 bits per heavy atom. The number of hydrogen-bond acceptors (Lipinski definition) is 8. The van der Waals surface area contributed by atoms with Crippen LogP contribution in [0.1, 0.15) is 52.4 Å². The second kappa shape index (κ2) is 7.75. The van der Waals surface area contributed by atoms with E-state index in [4.69, 9.17) is 9.15 Å². The van der Waals surface area contributed by atoms with Crippen LogP contribution < -0.4 is 0 Å². The highest BCUT2D eigenvalue weighted by molar-refractivity contribution is 7.14. The number of nitro benzene ring substituents is 1. The Morgan fingerprint density at radius 3 is 2.83 bits per heavy atom. The molecule has 2 aromatic heterocycles. The topological polar surface area (TPSA) is 108 Å². The average Bonchev–Trinajstić information content (AvgIpc) is 3.35. The van der Waals surface area contributed by atoms with Crippen LogP contribution in [-0.4, -0.2) is 21.1 Å². The summed E-state index contributed by atoms with van der Waals surface area (Å²) in [7, 11) is 0. The Kier molecular flexibility index (Phi) is 5.14. The monoisotopic (exact) mass is 413 g/mol. The number of esters is 1. The fourth-order valence-electron chi connectivity index (χ4n) is 3.32. The maximum atomic E-state index is 12.5. The number of carbonyl (C=O) groups is 1. The van der Waals surface area contributed by atoms with Crippen LogP contribution in [0, 0.1) is 16.0 Å². The molecule has 3 aromatic rings. The quantitative estimate of drug-likeness (QED) is 0.337. The molecule has 0 saturated heterocycles. The molecule has 2 atom stereocenters. The molecule has 0 fully saturated rings. The highest BCUT2D eigenvalue weighted by Gasteiger charge is 2.24. The second-order valence-electron chi connectivity index (χ2n) is 7.20. The Bertz CT molecular complexity index is 1060. The lowest BCUT2D eigenvalue weighted by Gasteiger charge is -2.16. The lowest BCUT2D eigenvalue weighted by Crippen LogP contribution is -2.08. The summed E-state index contributed by atoms with van der Waals surface area (Å²) in [6.07, 6.45) is 2.44. The van der Waals surface area contributed by atoms with Crippen LogP contribution in [0.4, 0.5) is 5.69 Å². The maximum Gasteiger partial charge on any atom is 0.349 e. The summed E-state index contributed by atoms with van der Waals surface area (Å²) >= 11 is 1.49. The third-order valence-corrected chi connectivity index (χ3v) is 6.14. The number of rotatable bonds is 5. The number of non-ortho nitro benzene ring substituents is 1. The van der Waals surface area contributed by atoms with E-state index in [0.717, 1.165) is 19.3 Å². The second-order valence-corrected chi connectivity index (χ2v) is 8.34. The first-order chi connectivity index (χ1) is 13.9. The minimum absolute atomic E-state index is 0.0242. The zero-order chi connectivity index (χ0) is 20.5. The molecule has 150 valence electrons. The van der Waals surface area contributed by atoms with Crippen LogP contribution in [0.25, 0.3) is 11.5 Å². The Labute approximate surface area is 170 Å². The van der Waals surface area contributed by atoms with Crippen molar-refractivity contribution >= 4 is 23.0 Å². The van der Waals surface area contributed by atoms with Crippen molar-refractivity contribution in [2.24, 2.45) is 5.92 Å². The molecule has 9 heteroatoms. The molecule has 0 radical (unpaired) electrons. The number of thiophene rings is 1. The van der Waals surface area contributed by atoms with Crippen LogP contribution in [-0.2, 0) is 17.6 Å². The van der Waals surface area contributed by atoms with Gasteiger partial charge in [-0.1, -0.05) is 6.92 Å². The lowest BCUT2D eigenvalue weighted by atomic mass is 9.90. The molecule has 4 rings (SSSR count). The van der Waals surface area contributed by atoms with Gasteiger partial charge in [-0.05, 0) is 55.9 Å². The molecule has 2 heterocycles. The van der Waals surface area contributed by atoms with Crippen LogP contribution in [0.3, 0.4) is 0 Å². The number of carbonyl (C=O) groups excluding carboxylic acids is 1. The van der Waals surface area contributed by atoms with Gasteiger partial charge in [0.2, 0.25) is 5.89 Å². The molecular formula is C20H19N3O5S. The molecule has 0 spiro atoms. The van der Waals surface area contributed by atoms with Gasteiger partial charge in [-0.3, -0.25) is 10.1 Å². The minimum Gasteiger partial charge on any atom is -0.448 e.